The van der Waals surface area contributed by atoms with E-state index < -0.39 is 10.0 Å². The average molecular weight is 346 g/mol. The Morgan fingerprint density at radius 2 is 2.00 bits per heavy atom. The topological polar surface area (TPSA) is 51.1 Å². The number of benzene rings is 1. The molecule has 120 valence electrons. The summed E-state index contributed by atoms with van der Waals surface area (Å²) in [6, 6.07) is 11.7. The molecule has 2 aromatic heterocycles. The van der Waals surface area contributed by atoms with Crippen LogP contribution < -0.4 is 4.72 Å². The summed E-state index contributed by atoms with van der Waals surface area (Å²) in [6.07, 6.45) is 4.19. The molecule has 1 aliphatic rings. The van der Waals surface area contributed by atoms with E-state index >= 15 is 0 Å². The molecule has 0 radical (unpaired) electrons. The summed E-state index contributed by atoms with van der Waals surface area (Å²) in [4.78, 5) is 0. The highest BCUT2D eigenvalue weighted by Crippen LogP contribution is 2.50. The molecular formula is C17H18N2O2S2. The standard InChI is InChI=1S/C17H18N2O2S2/c1-19-11-14(13-5-2-3-6-15(13)19)17(8-9-17)12-18-23(20,21)16-7-4-10-22-16/h2-7,10-11,18H,8-9,12H2,1H3. The number of rotatable bonds is 5. The molecule has 4 rings (SSSR count). The van der Waals surface area contributed by atoms with Gasteiger partial charge in [-0.15, -0.1) is 11.3 Å². The third kappa shape index (κ3) is 2.51. The van der Waals surface area contributed by atoms with Gasteiger partial charge in [-0.25, -0.2) is 13.1 Å². The summed E-state index contributed by atoms with van der Waals surface area (Å²) < 4.78 is 30.0. The molecule has 1 aliphatic carbocycles. The number of nitrogens with zero attached hydrogens (tertiary/aromatic N) is 1. The highest BCUT2D eigenvalue weighted by atomic mass is 32.2. The molecule has 3 aromatic rings. The summed E-state index contributed by atoms with van der Waals surface area (Å²) in [5.74, 6) is 0. The molecule has 1 fully saturated rings. The summed E-state index contributed by atoms with van der Waals surface area (Å²) in [7, 11) is -1.36. The van der Waals surface area contributed by atoms with E-state index in [1.165, 1.54) is 27.8 Å². The van der Waals surface area contributed by atoms with Crippen LogP contribution in [-0.4, -0.2) is 19.5 Å². The van der Waals surface area contributed by atoms with Crippen LogP contribution in [0.4, 0.5) is 0 Å². The van der Waals surface area contributed by atoms with Crippen molar-refractivity contribution in [2.24, 2.45) is 7.05 Å². The second kappa shape index (κ2) is 5.19. The molecule has 23 heavy (non-hydrogen) atoms. The van der Waals surface area contributed by atoms with Gasteiger partial charge in [0.05, 0.1) is 0 Å². The van der Waals surface area contributed by atoms with Crippen molar-refractivity contribution >= 4 is 32.3 Å². The van der Waals surface area contributed by atoms with E-state index in [2.05, 4.69) is 27.6 Å². The lowest BCUT2D eigenvalue weighted by molar-refractivity contribution is 0.569. The van der Waals surface area contributed by atoms with Gasteiger partial charge in [0.15, 0.2) is 0 Å². The van der Waals surface area contributed by atoms with Gasteiger partial charge in [0.1, 0.15) is 4.21 Å². The van der Waals surface area contributed by atoms with Crippen molar-refractivity contribution in [3.63, 3.8) is 0 Å². The maximum absolute atomic E-state index is 12.4. The lowest BCUT2D eigenvalue weighted by atomic mass is 9.96. The highest BCUT2D eigenvalue weighted by molar-refractivity contribution is 7.91. The second-order valence-corrected chi connectivity index (χ2v) is 9.15. The van der Waals surface area contributed by atoms with Crippen molar-refractivity contribution in [1.82, 2.24) is 9.29 Å². The Hall–Kier alpha value is -1.63. The Kier molecular flexibility index (Phi) is 3.37. The zero-order valence-corrected chi connectivity index (χ0v) is 14.5. The molecule has 0 spiro atoms. The van der Waals surface area contributed by atoms with Gasteiger partial charge in [-0.1, -0.05) is 24.3 Å². The number of hydrogen-bond donors (Lipinski definition) is 1. The van der Waals surface area contributed by atoms with Gasteiger partial charge in [-0.05, 0) is 35.9 Å². The minimum absolute atomic E-state index is 0.0643. The van der Waals surface area contributed by atoms with Crippen LogP contribution in [0.2, 0.25) is 0 Å². The molecule has 0 atom stereocenters. The third-order valence-electron chi connectivity index (χ3n) is 4.68. The van der Waals surface area contributed by atoms with Gasteiger partial charge in [0.2, 0.25) is 10.0 Å². The number of nitrogens with one attached hydrogen (secondary N) is 1. The van der Waals surface area contributed by atoms with Gasteiger partial charge in [0.25, 0.3) is 0 Å². The Morgan fingerprint density at radius 1 is 1.22 bits per heavy atom. The minimum Gasteiger partial charge on any atom is -0.350 e. The van der Waals surface area contributed by atoms with Crippen molar-refractivity contribution in [3.05, 3.63) is 53.5 Å². The van der Waals surface area contributed by atoms with Gasteiger partial charge >= 0.3 is 0 Å². The summed E-state index contributed by atoms with van der Waals surface area (Å²) in [5.41, 5.74) is 2.38. The second-order valence-electron chi connectivity index (χ2n) is 6.21. The van der Waals surface area contributed by atoms with Crippen molar-refractivity contribution in [2.45, 2.75) is 22.5 Å². The molecule has 1 N–H and O–H groups in total. The van der Waals surface area contributed by atoms with Gasteiger partial charge in [0, 0.05) is 36.1 Å². The number of aromatic nitrogens is 1. The van der Waals surface area contributed by atoms with E-state index in [1.807, 2.05) is 19.2 Å². The van der Waals surface area contributed by atoms with E-state index in [-0.39, 0.29) is 5.41 Å². The first kappa shape index (κ1) is 14.9. The maximum Gasteiger partial charge on any atom is 0.250 e. The summed E-state index contributed by atoms with van der Waals surface area (Å²) >= 11 is 1.25. The molecular weight excluding hydrogens is 328 g/mol. The van der Waals surface area contributed by atoms with Crippen LogP contribution in [0.25, 0.3) is 10.9 Å². The van der Waals surface area contributed by atoms with E-state index in [1.54, 1.807) is 17.5 Å². The van der Waals surface area contributed by atoms with Crippen molar-refractivity contribution in [1.29, 1.82) is 0 Å². The fourth-order valence-corrected chi connectivity index (χ4v) is 5.34. The quantitative estimate of drug-likeness (QED) is 0.771. The monoisotopic (exact) mass is 346 g/mol. The van der Waals surface area contributed by atoms with Crippen LogP contribution in [0, 0.1) is 0 Å². The fourth-order valence-electron chi connectivity index (χ4n) is 3.18. The number of hydrogen-bond acceptors (Lipinski definition) is 3. The zero-order chi connectivity index (χ0) is 16.1. The third-order valence-corrected chi connectivity index (χ3v) is 7.48. The Balaban J connectivity index is 1.64. The molecule has 0 bridgehead atoms. The Morgan fingerprint density at radius 3 is 2.70 bits per heavy atom. The van der Waals surface area contributed by atoms with Crippen LogP contribution in [-0.2, 0) is 22.5 Å². The first-order chi connectivity index (χ1) is 11.0. The predicted octanol–water partition coefficient (Wildman–Crippen LogP) is 3.25. The molecule has 0 saturated heterocycles. The number of para-hydroxylation sites is 1. The summed E-state index contributed by atoms with van der Waals surface area (Å²) in [6.45, 7) is 0.460. The van der Waals surface area contributed by atoms with Gasteiger partial charge < -0.3 is 4.57 Å². The van der Waals surface area contributed by atoms with Crippen LogP contribution in [0.3, 0.4) is 0 Å². The molecule has 1 aromatic carbocycles. The highest BCUT2D eigenvalue weighted by Gasteiger charge is 2.46. The first-order valence-electron chi connectivity index (χ1n) is 7.60. The maximum atomic E-state index is 12.4. The molecule has 0 unspecified atom stereocenters. The van der Waals surface area contributed by atoms with Crippen LogP contribution in [0.5, 0.6) is 0 Å². The number of aryl methyl sites for hydroxylation is 1. The zero-order valence-electron chi connectivity index (χ0n) is 12.8. The van der Waals surface area contributed by atoms with E-state index in [4.69, 9.17) is 0 Å². The van der Waals surface area contributed by atoms with Gasteiger partial charge in [-0.2, -0.15) is 0 Å². The first-order valence-corrected chi connectivity index (χ1v) is 9.96. The van der Waals surface area contributed by atoms with Crippen LogP contribution in [0.15, 0.2) is 52.2 Å². The fraction of sp³-hybridized carbons (Fsp3) is 0.294. The largest absolute Gasteiger partial charge is 0.350 e. The molecule has 0 aliphatic heterocycles. The number of sulfonamides is 1. The van der Waals surface area contributed by atoms with Crippen molar-refractivity contribution < 1.29 is 8.42 Å². The Labute approximate surface area is 139 Å². The minimum atomic E-state index is -3.40. The van der Waals surface area contributed by atoms with E-state index in [9.17, 15) is 8.42 Å². The number of thiophene rings is 1. The molecule has 0 amide bonds. The van der Waals surface area contributed by atoms with E-state index in [0.29, 0.717) is 10.8 Å². The molecule has 1 saturated carbocycles. The lowest BCUT2D eigenvalue weighted by Gasteiger charge is -2.15. The average Bonchev–Trinajstić information content (AvgIpc) is 2.97. The lowest BCUT2D eigenvalue weighted by Crippen LogP contribution is -2.31. The normalized spacial score (nSPS) is 16.7. The SMILES string of the molecule is Cn1cc(C2(CNS(=O)(=O)c3cccs3)CC2)c2ccccc21. The molecule has 4 nitrogen and oxygen atoms in total. The number of fused-ring (bicyclic) bond motifs is 1. The molecule has 6 heteroatoms. The predicted molar refractivity (Wildman–Crippen MR) is 93.3 cm³/mol. The van der Waals surface area contributed by atoms with Gasteiger partial charge in [-0.3, -0.25) is 0 Å². The van der Waals surface area contributed by atoms with Crippen LogP contribution in [0.1, 0.15) is 18.4 Å². The Bertz CT molecular complexity index is 952. The van der Waals surface area contributed by atoms with Crippen molar-refractivity contribution in [2.75, 3.05) is 6.54 Å². The van der Waals surface area contributed by atoms with Crippen LogP contribution >= 0.6 is 11.3 Å². The van der Waals surface area contributed by atoms with Crippen molar-refractivity contribution in [3.8, 4) is 0 Å². The molecule has 2 heterocycles. The summed E-state index contributed by atoms with van der Waals surface area (Å²) in [5, 5.41) is 3.01. The smallest absolute Gasteiger partial charge is 0.250 e. The van der Waals surface area contributed by atoms with E-state index in [0.717, 1.165) is 12.8 Å².